The lowest BCUT2D eigenvalue weighted by Gasteiger charge is -2.15. The topological polar surface area (TPSA) is 86.5 Å². The molecular weight excluding hydrogens is 448 g/mol. The second kappa shape index (κ2) is 7.35. The van der Waals surface area contributed by atoms with Gasteiger partial charge in [0, 0.05) is 17.5 Å². The maximum atomic E-state index is 13.5. The number of nitrogen functional groups attached to an aromatic ring is 1. The molecule has 3 aromatic rings. The Bertz CT molecular complexity index is 1200. The molecule has 1 amide bonds. The Hall–Kier alpha value is -2.91. The van der Waals surface area contributed by atoms with Gasteiger partial charge in [-0.1, -0.05) is 23.7 Å². The standard InChI is InChI=1S/C21H16ClF2N3O3S/c22-16-10(1-3-13(23)17(16)25)7-12-9-26-20(31-12)27-18(28)21(5-6-21)11-2-4-14-15(8-11)30-19(24)29-14/h1-4,8-9,19H,5-7,25H2,(H,26,27,28)/t19-/m0/s1. The molecule has 1 atom stereocenters. The van der Waals surface area contributed by atoms with Crippen LogP contribution < -0.4 is 20.5 Å². The van der Waals surface area contributed by atoms with Crippen molar-refractivity contribution in [3.8, 4) is 11.5 Å². The monoisotopic (exact) mass is 463 g/mol. The number of carbonyl (C=O) groups is 1. The molecule has 1 aliphatic heterocycles. The fourth-order valence-corrected chi connectivity index (χ4v) is 4.64. The van der Waals surface area contributed by atoms with Crippen LogP contribution in [0.2, 0.25) is 5.02 Å². The van der Waals surface area contributed by atoms with E-state index in [0.717, 1.165) is 10.4 Å². The summed E-state index contributed by atoms with van der Waals surface area (Å²) in [5.41, 5.74) is 6.27. The molecule has 31 heavy (non-hydrogen) atoms. The number of hydrogen-bond donors (Lipinski definition) is 2. The molecule has 1 aromatic heterocycles. The number of hydrogen-bond acceptors (Lipinski definition) is 6. The van der Waals surface area contributed by atoms with Crippen molar-refractivity contribution in [1.82, 2.24) is 4.98 Å². The summed E-state index contributed by atoms with van der Waals surface area (Å²) >= 11 is 7.44. The van der Waals surface area contributed by atoms with Crippen LogP contribution in [0.15, 0.2) is 36.5 Å². The lowest BCUT2D eigenvalue weighted by Crippen LogP contribution is -2.27. The van der Waals surface area contributed by atoms with Crippen LogP contribution in [-0.4, -0.2) is 17.4 Å². The average molecular weight is 464 g/mol. The number of amides is 1. The number of benzene rings is 2. The molecule has 160 valence electrons. The summed E-state index contributed by atoms with van der Waals surface area (Å²) in [5, 5.41) is 3.49. The van der Waals surface area contributed by atoms with Crippen LogP contribution in [0.3, 0.4) is 0 Å². The van der Waals surface area contributed by atoms with E-state index >= 15 is 0 Å². The summed E-state index contributed by atoms with van der Waals surface area (Å²) in [6.07, 6.45) is 3.38. The third kappa shape index (κ3) is 3.57. The number of alkyl halides is 1. The van der Waals surface area contributed by atoms with Crippen molar-refractivity contribution in [2.45, 2.75) is 31.2 Å². The van der Waals surface area contributed by atoms with Crippen molar-refractivity contribution in [2.75, 3.05) is 11.1 Å². The number of carbonyl (C=O) groups excluding carboxylic acids is 1. The Labute approximate surface area is 184 Å². The Morgan fingerprint density at radius 2 is 2.06 bits per heavy atom. The van der Waals surface area contributed by atoms with Crippen molar-refractivity contribution < 1.29 is 23.0 Å². The van der Waals surface area contributed by atoms with Crippen LogP contribution in [0.25, 0.3) is 0 Å². The Balaban J connectivity index is 1.30. The maximum absolute atomic E-state index is 13.5. The van der Waals surface area contributed by atoms with Gasteiger partial charge in [-0.05, 0) is 42.2 Å². The Morgan fingerprint density at radius 1 is 1.29 bits per heavy atom. The third-order valence-corrected chi connectivity index (χ3v) is 6.82. The molecule has 2 aliphatic rings. The SMILES string of the molecule is Nc1c(F)ccc(Cc2cnc(NC(=O)C3(c4ccc5c(c4)O[C@@H](F)O5)CC3)s2)c1Cl. The molecule has 2 aromatic carbocycles. The van der Waals surface area contributed by atoms with Crippen molar-refractivity contribution in [2.24, 2.45) is 0 Å². The van der Waals surface area contributed by atoms with Gasteiger partial charge in [-0.3, -0.25) is 4.79 Å². The molecule has 6 nitrogen and oxygen atoms in total. The fraction of sp³-hybridized carbons (Fsp3) is 0.238. The molecule has 1 saturated carbocycles. The van der Waals surface area contributed by atoms with Crippen LogP contribution in [-0.2, 0) is 16.6 Å². The number of rotatable bonds is 5. The first kappa shape index (κ1) is 20.0. The lowest BCUT2D eigenvalue weighted by atomic mass is 9.94. The number of nitrogens with two attached hydrogens (primary N) is 1. The van der Waals surface area contributed by atoms with E-state index in [1.807, 2.05) is 0 Å². The molecule has 1 aliphatic carbocycles. The number of nitrogens with zero attached hydrogens (tertiary/aromatic N) is 1. The highest BCUT2D eigenvalue weighted by Gasteiger charge is 2.52. The van der Waals surface area contributed by atoms with E-state index < -0.39 is 17.8 Å². The minimum absolute atomic E-state index is 0.0873. The summed E-state index contributed by atoms with van der Waals surface area (Å²) in [6.45, 7) is -1.83. The van der Waals surface area contributed by atoms with Crippen LogP contribution in [0.5, 0.6) is 11.5 Å². The number of anilines is 2. The molecule has 1 fully saturated rings. The summed E-state index contributed by atoms with van der Waals surface area (Å²) < 4.78 is 36.6. The van der Waals surface area contributed by atoms with Gasteiger partial charge in [-0.2, -0.15) is 4.39 Å². The highest BCUT2D eigenvalue weighted by molar-refractivity contribution is 7.15. The number of ether oxygens (including phenoxy) is 2. The zero-order chi connectivity index (χ0) is 21.8. The van der Waals surface area contributed by atoms with E-state index in [0.29, 0.717) is 35.7 Å². The van der Waals surface area contributed by atoms with Crippen LogP contribution in [0, 0.1) is 5.82 Å². The minimum atomic E-state index is -1.83. The Morgan fingerprint density at radius 3 is 2.84 bits per heavy atom. The van der Waals surface area contributed by atoms with Crippen molar-refractivity contribution in [3.05, 3.63) is 63.4 Å². The quantitative estimate of drug-likeness (QED) is 0.531. The maximum Gasteiger partial charge on any atom is 0.397 e. The largest absolute Gasteiger partial charge is 0.425 e. The third-order valence-electron chi connectivity index (χ3n) is 5.47. The van der Waals surface area contributed by atoms with Gasteiger partial charge in [0.1, 0.15) is 5.82 Å². The predicted octanol–water partition coefficient (Wildman–Crippen LogP) is 4.80. The van der Waals surface area contributed by atoms with Crippen LogP contribution in [0.1, 0.15) is 28.8 Å². The molecule has 0 bridgehead atoms. The van der Waals surface area contributed by atoms with E-state index in [-0.39, 0.29) is 22.4 Å². The summed E-state index contributed by atoms with van der Waals surface area (Å²) in [6, 6.07) is 7.86. The molecule has 0 spiro atoms. The van der Waals surface area contributed by atoms with E-state index in [4.69, 9.17) is 26.8 Å². The first-order valence-corrected chi connectivity index (χ1v) is 10.7. The summed E-state index contributed by atoms with van der Waals surface area (Å²) in [4.78, 5) is 18.1. The van der Waals surface area contributed by atoms with E-state index in [9.17, 15) is 13.6 Å². The molecular formula is C21H16ClF2N3O3S. The lowest BCUT2D eigenvalue weighted by molar-refractivity contribution is -0.118. The van der Waals surface area contributed by atoms with Gasteiger partial charge in [0.05, 0.1) is 16.1 Å². The highest BCUT2D eigenvalue weighted by atomic mass is 35.5. The Kier molecular flexibility index (Phi) is 4.75. The number of fused-ring (bicyclic) bond motifs is 1. The first-order valence-electron chi connectivity index (χ1n) is 9.46. The number of halogens is 3. The number of thiazole rings is 1. The second-order valence-electron chi connectivity index (χ2n) is 7.45. The van der Waals surface area contributed by atoms with Crippen molar-refractivity contribution in [3.63, 3.8) is 0 Å². The second-order valence-corrected chi connectivity index (χ2v) is 8.94. The number of aromatic nitrogens is 1. The zero-order valence-corrected chi connectivity index (χ0v) is 17.5. The molecule has 2 heterocycles. The van der Waals surface area contributed by atoms with Crippen molar-refractivity contribution in [1.29, 1.82) is 0 Å². The van der Waals surface area contributed by atoms with Crippen molar-refractivity contribution >= 4 is 39.7 Å². The average Bonchev–Trinajstić information content (AvgIpc) is 3.31. The summed E-state index contributed by atoms with van der Waals surface area (Å²) in [5.74, 6) is -0.146. The van der Waals surface area contributed by atoms with E-state index in [1.165, 1.54) is 17.4 Å². The van der Waals surface area contributed by atoms with E-state index in [2.05, 4.69) is 10.3 Å². The predicted molar refractivity (Wildman–Crippen MR) is 113 cm³/mol. The van der Waals surface area contributed by atoms with Crippen LogP contribution in [0.4, 0.5) is 19.6 Å². The van der Waals surface area contributed by atoms with Crippen LogP contribution >= 0.6 is 22.9 Å². The van der Waals surface area contributed by atoms with Gasteiger partial charge in [-0.25, -0.2) is 9.37 Å². The molecule has 3 N–H and O–H groups in total. The molecule has 0 saturated heterocycles. The van der Waals surface area contributed by atoms with Gasteiger partial charge in [-0.15, -0.1) is 11.3 Å². The molecule has 10 heteroatoms. The highest BCUT2D eigenvalue weighted by Crippen LogP contribution is 2.51. The van der Waals surface area contributed by atoms with Gasteiger partial charge in [0.2, 0.25) is 5.91 Å². The smallest absolute Gasteiger partial charge is 0.397 e. The van der Waals surface area contributed by atoms with Gasteiger partial charge in [0.15, 0.2) is 16.6 Å². The zero-order valence-electron chi connectivity index (χ0n) is 16.0. The fourth-order valence-electron chi connectivity index (χ4n) is 3.59. The number of nitrogens with one attached hydrogen (secondary N) is 1. The van der Waals surface area contributed by atoms with E-state index in [1.54, 1.807) is 30.5 Å². The first-order chi connectivity index (χ1) is 14.9. The molecule has 0 unspecified atom stereocenters. The molecule has 5 rings (SSSR count). The normalized spacial score (nSPS) is 18.1. The van der Waals surface area contributed by atoms with Gasteiger partial charge < -0.3 is 20.5 Å². The molecule has 0 radical (unpaired) electrons. The van der Waals surface area contributed by atoms with Gasteiger partial charge in [0.25, 0.3) is 0 Å². The summed E-state index contributed by atoms with van der Waals surface area (Å²) in [7, 11) is 0. The minimum Gasteiger partial charge on any atom is -0.425 e. The van der Waals surface area contributed by atoms with Gasteiger partial charge >= 0.3 is 6.54 Å².